The maximum atomic E-state index is 11.8. The molecule has 0 radical (unpaired) electrons. The predicted octanol–water partition coefficient (Wildman–Crippen LogP) is 4.76. The van der Waals surface area contributed by atoms with Gasteiger partial charge in [-0.2, -0.15) is 0 Å². The van der Waals surface area contributed by atoms with E-state index in [4.69, 9.17) is 4.74 Å². The van der Waals surface area contributed by atoms with Gasteiger partial charge in [-0.1, -0.05) is 44.9 Å². The SMILES string of the molecule is Cc1cccc(C(=O)OOOC(=O)OC2CCCCC2C(C)(C)C)c1. The fourth-order valence-electron chi connectivity index (χ4n) is 3.27. The summed E-state index contributed by atoms with van der Waals surface area (Å²) in [7, 11) is 0. The number of benzene rings is 1. The van der Waals surface area contributed by atoms with Gasteiger partial charge in [0.1, 0.15) is 6.10 Å². The van der Waals surface area contributed by atoms with Gasteiger partial charge in [-0.25, -0.2) is 14.5 Å². The van der Waals surface area contributed by atoms with Crippen molar-refractivity contribution in [1.29, 1.82) is 0 Å². The number of hydrogen-bond donors (Lipinski definition) is 0. The van der Waals surface area contributed by atoms with Crippen LogP contribution < -0.4 is 0 Å². The fraction of sp³-hybridized carbons (Fsp3) is 0.579. The largest absolute Gasteiger partial charge is 0.543 e. The summed E-state index contributed by atoms with van der Waals surface area (Å²) in [5, 5.41) is 4.29. The second-order valence-corrected chi connectivity index (χ2v) is 7.55. The molecule has 25 heavy (non-hydrogen) atoms. The minimum atomic E-state index is -1.00. The second kappa shape index (κ2) is 8.34. The Morgan fingerprint density at radius 3 is 2.48 bits per heavy atom. The summed E-state index contributed by atoms with van der Waals surface area (Å²) in [4.78, 5) is 32.5. The number of carbonyl (C=O) groups is 2. The van der Waals surface area contributed by atoms with Crippen LogP contribution in [0.4, 0.5) is 4.79 Å². The van der Waals surface area contributed by atoms with Crippen LogP contribution in [0.15, 0.2) is 24.3 Å². The molecular formula is C19H26O6. The minimum absolute atomic E-state index is 0.0316. The molecule has 0 aromatic heterocycles. The fourth-order valence-corrected chi connectivity index (χ4v) is 3.27. The van der Waals surface area contributed by atoms with Crippen LogP contribution >= 0.6 is 0 Å². The highest BCUT2D eigenvalue weighted by Crippen LogP contribution is 2.39. The van der Waals surface area contributed by atoms with E-state index < -0.39 is 12.1 Å². The van der Waals surface area contributed by atoms with Crippen LogP contribution in [0, 0.1) is 18.3 Å². The Morgan fingerprint density at radius 1 is 1.08 bits per heavy atom. The van der Waals surface area contributed by atoms with Crippen molar-refractivity contribution in [3.8, 4) is 0 Å². The van der Waals surface area contributed by atoms with E-state index in [2.05, 4.69) is 35.6 Å². The molecule has 1 aromatic rings. The Labute approximate surface area is 148 Å². The van der Waals surface area contributed by atoms with Crippen LogP contribution in [0.2, 0.25) is 0 Å². The van der Waals surface area contributed by atoms with Gasteiger partial charge in [-0.15, -0.1) is 0 Å². The summed E-state index contributed by atoms with van der Waals surface area (Å²) in [5.74, 6) is -0.495. The van der Waals surface area contributed by atoms with Gasteiger partial charge in [0, 0.05) is 5.92 Å². The molecule has 1 aromatic carbocycles. The third kappa shape index (κ3) is 5.74. The van der Waals surface area contributed by atoms with Crippen molar-refractivity contribution < 1.29 is 29.1 Å². The lowest BCUT2D eigenvalue weighted by Crippen LogP contribution is -2.38. The molecular weight excluding hydrogens is 324 g/mol. The van der Waals surface area contributed by atoms with Crippen molar-refractivity contribution in [2.45, 2.75) is 59.5 Å². The van der Waals surface area contributed by atoms with Crippen molar-refractivity contribution in [2.24, 2.45) is 11.3 Å². The topological polar surface area (TPSA) is 71.1 Å². The Morgan fingerprint density at radius 2 is 1.80 bits per heavy atom. The molecule has 2 unspecified atom stereocenters. The molecule has 1 aliphatic rings. The van der Waals surface area contributed by atoms with Crippen LogP contribution in [-0.4, -0.2) is 18.2 Å². The van der Waals surface area contributed by atoms with Crippen molar-refractivity contribution in [3.63, 3.8) is 0 Å². The quantitative estimate of drug-likeness (QED) is 0.443. The first kappa shape index (κ1) is 19.2. The molecule has 6 nitrogen and oxygen atoms in total. The van der Waals surface area contributed by atoms with E-state index in [1.807, 2.05) is 13.0 Å². The van der Waals surface area contributed by atoms with E-state index in [1.54, 1.807) is 18.2 Å². The first-order valence-electron chi connectivity index (χ1n) is 8.60. The standard InChI is InChI=1S/C19H26O6/c1-13-8-7-9-14(12-13)17(20)23-25-24-18(21)22-16-11-6-5-10-15(16)19(2,3)4/h7-9,12,15-16H,5-6,10-11H2,1-4H3. The molecule has 0 N–H and O–H groups in total. The molecule has 0 aliphatic heterocycles. The lowest BCUT2D eigenvalue weighted by molar-refractivity contribution is -0.453. The maximum Gasteiger partial charge on any atom is 0.543 e. The second-order valence-electron chi connectivity index (χ2n) is 7.55. The molecule has 1 fully saturated rings. The van der Waals surface area contributed by atoms with Crippen molar-refractivity contribution in [1.82, 2.24) is 0 Å². The maximum absolute atomic E-state index is 11.8. The average molecular weight is 350 g/mol. The lowest BCUT2D eigenvalue weighted by Gasteiger charge is -2.39. The summed E-state index contributed by atoms with van der Waals surface area (Å²) in [6, 6.07) is 6.78. The highest BCUT2D eigenvalue weighted by atomic mass is 17.5. The van der Waals surface area contributed by atoms with Crippen molar-refractivity contribution >= 4 is 12.1 Å². The van der Waals surface area contributed by atoms with E-state index in [0.29, 0.717) is 5.56 Å². The molecule has 6 heteroatoms. The summed E-state index contributed by atoms with van der Waals surface area (Å²) >= 11 is 0. The van der Waals surface area contributed by atoms with Crippen molar-refractivity contribution in [3.05, 3.63) is 35.4 Å². The first-order chi connectivity index (χ1) is 11.8. The van der Waals surface area contributed by atoms with Crippen LogP contribution in [0.1, 0.15) is 62.4 Å². The zero-order valence-electron chi connectivity index (χ0n) is 15.2. The zero-order chi connectivity index (χ0) is 18.4. The Balaban J connectivity index is 1.79. The third-order valence-electron chi connectivity index (χ3n) is 4.53. The predicted molar refractivity (Wildman–Crippen MR) is 90.4 cm³/mol. The van der Waals surface area contributed by atoms with Gasteiger partial charge in [0.05, 0.1) is 10.6 Å². The van der Waals surface area contributed by atoms with Gasteiger partial charge in [0.25, 0.3) is 0 Å². The molecule has 1 aliphatic carbocycles. The van der Waals surface area contributed by atoms with E-state index in [0.717, 1.165) is 31.2 Å². The van der Waals surface area contributed by atoms with Gasteiger partial charge >= 0.3 is 12.1 Å². The molecule has 0 bridgehead atoms. The summed E-state index contributed by atoms with van der Waals surface area (Å²) < 4.78 is 5.36. The Bertz CT molecular complexity index is 604. The van der Waals surface area contributed by atoms with E-state index in [9.17, 15) is 9.59 Å². The highest BCUT2D eigenvalue weighted by Gasteiger charge is 2.37. The van der Waals surface area contributed by atoms with E-state index in [-0.39, 0.29) is 17.4 Å². The summed E-state index contributed by atoms with van der Waals surface area (Å²) in [6.07, 6.45) is 2.70. The number of carbonyl (C=O) groups excluding carboxylic acids is 2. The first-order valence-corrected chi connectivity index (χ1v) is 8.60. The lowest BCUT2D eigenvalue weighted by atomic mass is 9.71. The number of aryl methyl sites for hydroxylation is 1. The van der Waals surface area contributed by atoms with Crippen LogP contribution in [-0.2, 0) is 19.6 Å². The minimum Gasteiger partial charge on any atom is -0.429 e. The van der Waals surface area contributed by atoms with E-state index >= 15 is 0 Å². The number of hydrogen-bond acceptors (Lipinski definition) is 6. The van der Waals surface area contributed by atoms with E-state index in [1.165, 1.54) is 0 Å². The van der Waals surface area contributed by atoms with Gasteiger partial charge in [0.2, 0.25) is 0 Å². The van der Waals surface area contributed by atoms with Crippen molar-refractivity contribution in [2.75, 3.05) is 0 Å². The Kier molecular flexibility index (Phi) is 6.42. The highest BCUT2D eigenvalue weighted by molar-refractivity contribution is 5.89. The number of ether oxygens (including phenoxy) is 1. The average Bonchev–Trinajstić information content (AvgIpc) is 2.54. The van der Waals surface area contributed by atoms with Crippen LogP contribution in [0.5, 0.6) is 0 Å². The summed E-state index contributed by atoms with van der Waals surface area (Å²) in [6.45, 7) is 8.24. The van der Waals surface area contributed by atoms with Crippen LogP contribution in [0.3, 0.4) is 0 Å². The van der Waals surface area contributed by atoms with Gasteiger partial charge in [0.15, 0.2) is 0 Å². The van der Waals surface area contributed by atoms with Gasteiger partial charge < -0.3 is 4.74 Å². The molecule has 0 heterocycles. The normalized spacial score (nSPS) is 20.6. The molecule has 1 saturated carbocycles. The molecule has 0 spiro atoms. The van der Waals surface area contributed by atoms with Gasteiger partial charge in [-0.05, 0) is 43.7 Å². The molecule has 0 saturated heterocycles. The smallest absolute Gasteiger partial charge is 0.429 e. The zero-order valence-corrected chi connectivity index (χ0v) is 15.2. The Hall–Kier alpha value is -2.08. The summed E-state index contributed by atoms with van der Waals surface area (Å²) in [5.41, 5.74) is 1.24. The number of rotatable bonds is 4. The monoisotopic (exact) mass is 350 g/mol. The molecule has 0 amide bonds. The molecule has 138 valence electrons. The van der Waals surface area contributed by atoms with Crippen LogP contribution in [0.25, 0.3) is 0 Å². The van der Waals surface area contributed by atoms with Gasteiger partial charge in [-0.3, -0.25) is 4.89 Å². The third-order valence-corrected chi connectivity index (χ3v) is 4.53. The molecule has 2 atom stereocenters. The molecule has 2 rings (SSSR count).